The van der Waals surface area contributed by atoms with Gasteiger partial charge in [0, 0.05) is 25.9 Å². The third-order valence-corrected chi connectivity index (χ3v) is 4.64. The van der Waals surface area contributed by atoms with Crippen molar-refractivity contribution in [1.29, 1.82) is 0 Å². The molecule has 0 radical (unpaired) electrons. The van der Waals surface area contributed by atoms with Gasteiger partial charge < -0.3 is 19.7 Å². The molecule has 1 heterocycles. The zero-order valence-electron chi connectivity index (χ0n) is 16.1. The molecule has 2 aromatic carbocycles. The topological polar surface area (TPSA) is 93.5 Å². The number of ether oxygens (including phenoxy) is 1. The summed E-state index contributed by atoms with van der Waals surface area (Å²) < 4.78 is 6.76. The monoisotopic (exact) mass is 381 g/mol. The van der Waals surface area contributed by atoms with Crippen LogP contribution in [0.5, 0.6) is 0 Å². The van der Waals surface area contributed by atoms with Crippen molar-refractivity contribution in [3.8, 4) is 0 Å². The zero-order valence-corrected chi connectivity index (χ0v) is 16.1. The van der Waals surface area contributed by atoms with E-state index >= 15 is 0 Å². The quantitative estimate of drug-likeness (QED) is 0.638. The standard InChI is InChI=1S/C21H23N3O4/c1-4-28-19(25)11-21(27,18-12-24(3)13-23-18)17-8-7-14-9-16(20(26)22-2)6-5-15(14)10-17/h5-10,12-13,27H,4,11H2,1-3H3,(H,22,26). The number of hydrogen-bond acceptors (Lipinski definition) is 5. The molecule has 0 aliphatic carbocycles. The maximum atomic E-state index is 12.2. The highest BCUT2D eigenvalue weighted by atomic mass is 16.5. The lowest BCUT2D eigenvalue weighted by Gasteiger charge is -2.26. The average Bonchev–Trinajstić information content (AvgIpc) is 3.13. The summed E-state index contributed by atoms with van der Waals surface area (Å²) in [5.41, 5.74) is -0.181. The Morgan fingerprint density at radius 2 is 1.93 bits per heavy atom. The maximum Gasteiger partial charge on any atom is 0.309 e. The van der Waals surface area contributed by atoms with E-state index in [9.17, 15) is 14.7 Å². The van der Waals surface area contributed by atoms with Crippen LogP contribution in [0.15, 0.2) is 48.9 Å². The van der Waals surface area contributed by atoms with Crippen molar-refractivity contribution in [2.75, 3.05) is 13.7 Å². The molecular formula is C21H23N3O4. The van der Waals surface area contributed by atoms with Gasteiger partial charge in [0.05, 0.1) is 25.0 Å². The fraction of sp³-hybridized carbons (Fsp3) is 0.286. The van der Waals surface area contributed by atoms with Gasteiger partial charge in [-0.1, -0.05) is 18.2 Å². The zero-order chi connectivity index (χ0) is 20.3. The Morgan fingerprint density at radius 3 is 2.57 bits per heavy atom. The SMILES string of the molecule is CCOC(=O)CC(O)(c1ccc2cc(C(=O)NC)ccc2c1)c1cn(C)cn1. The lowest BCUT2D eigenvalue weighted by Crippen LogP contribution is -2.32. The first-order valence-electron chi connectivity index (χ1n) is 9.00. The second kappa shape index (κ2) is 7.82. The Labute approximate surface area is 163 Å². The molecule has 7 heteroatoms. The van der Waals surface area contributed by atoms with E-state index in [0.717, 1.165) is 10.8 Å². The third kappa shape index (κ3) is 3.75. The predicted molar refractivity (Wildman–Crippen MR) is 105 cm³/mol. The van der Waals surface area contributed by atoms with E-state index in [1.807, 2.05) is 12.1 Å². The summed E-state index contributed by atoms with van der Waals surface area (Å²) in [7, 11) is 3.37. The van der Waals surface area contributed by atoms with Crippen LogP contribution in [0.2, 0.25) is 0 Å². The molecule has 1 amide bonds. The van der Waals surface area contributed by atoms with Crippen LogP contribution >= 0.6 is 0 Å². The summed E-state index contributed by atoms with van der Waals surface area (Å²) in [4.78, 5) is 28.3. The molecule has 2 N–H and O–H groups in total. The van der Waals surface area contributed by atoms with Crippen molar-refractivity contribution in [2.45, 2.75) is 18.9 Å². The molecule has 28 heavy (non-hydrogen) atoms. The first-order chi connectivity index (χ1) is 13.4. The molecular weight excluding hydrogens is 358 g/mol. The van der Waals surface area contributed by atoms with E-state index in [0.29, 0.717) is 16.8 Å². The number of benzene rings is 2. The number of rotatable bonds is 6. The minimum atomic E-state index is -1.62. The number of nitrogens with one attached hydrogen (secondary N) is 1. The number of aromatic nitrogens is 2. The van der Waals surface area contributed by atoms with E-state index in [4.69, 9.17) is 4.74 Å². The average molecular weight is 381 g/mol. The van der Waals surface area contributed by atoms with Gasteiger partial charge in [-0.05, 0) is 41.5 Å². The number of carbonyl (C=O) groups excluding carboxylic acids is 2. The molecule has 0 saturated heterocycles. The summed E-state index contributed by atoms with van der Waals surface area (Å²) >= 11 is 0. The van der Waals surface area contributed by atoms with Gasteiger partial charge in [-0.25, -0.2) is 4.98 Å². The summed E-state index contributed by atoms with van der Waals surface area (Å²) in [6.45, 7) is 1.95. The van der Waals surface area contributed by atoms with Crippen molar-refractivity contribution < 1.29 is 19.4 Å². The number of imidazole rings is 1. The van der Waals surface area contributed by atoms with E-state index in [1.54, 1.807) is 62.4 Å². The maximum absolute atomic E-state index is 12.2. The van der Waals surface area contributed by atoms with Crippen molar-refractivity contribution in [1.82, 2.24) is 14.9 Å². The van der Waals surface area contributed by atoms with Gasteiger partial charge in [0.25, 0.3) is 5.91 Å². The van der Waals surface area contributed by atoms with Crippen LogP contribution in [0, 0.1) is 0 Å². The molecule has 3 rings (SSSR count). The highest BCUT2D eigenvalue weighted by Gasteiger charge is 2.37. The highest BCUT2D eigenvalue weighted by molar-refractivity contribution is 5.98. The molecule has 0 aliphatic heterocycles. The number of hydrogen-bond donors (Lipinski definition) is 2. The number of aliphatic hydroxyl groups is 1. The second-order valence-corrected chi connectivity index (χ2v) is 6.62. The number of aryl methyl sites for hydroxylation is 1. The first kappa shape index (κ1) is 19.6. The lowest BCUT2D eigenvalue weighted by molar-refractivity contribution is -0.147. The van der Waals surface area contributed by atoms with Gasteiger partial charge >= 0.3 is 5.97 Å². The second-order valence-electron chi connectivity index (χ2n) is 6.62. The minimum absolute atomic E-state index is 0.168. The van der Waals surface area contributed by atoms with E-state index in [1.165, 1.54) is 0 Å². The number of esters is 1. The van der Waals surface area contributed by atoms with Crippen LogP contribution in [-0.4, -0.2) is 40.2 Å². The van der Waals surface area contributed by atoms with Gasteiger partial charge in [-0.15, -0.1) is 0 Å². The number of carbonyl (C=O) groups is 2. The largest absolute Gasteiger partial charge is 0.466 e. The van der Waals surface area contributed by atoms with Crippen LogP contribution in [0.25, 0.3) is 10.8 Å². The lowest BCUT2D eigenvalue weighted by atomic mass is 9.86. The van der Waals surface area contributed by atoms with Crippen molar-refractivity contribution in [3.63, 3.8) is 0 Å². The molecule has 0 bridgehead atoms. The van der Waals surface area contributed by atoms with E-state index in [2.05, 4.69) is 10.3 Å². The fourth-order valence-electron chi connectivity index (χ4n) is 3.18. The molecule has 1 aromatic heterocycles. The fourth-order valence-corrected chi connectivity index (χ4v) is 3.18. The third-order valence-electron chi connectivity index (χ3n) is 4.64. The van der Waals surface area contributed by atoms with Gasteiger partial charge in [-0.2, -0.15) is 0 Å². The Kier molecular flexibility index (Phi) is 5.46. The summed E-state index contributed by atoms with van der Waals surface area (Å²) in [6, 6.07) is 10.7. The van der Waals surface area contributed by atoms with Crippen LogP contribution in [0.4, 0.5) is 0 Å². The molecule has 146 valence electrons. The number of fused-ring (bicyclic) bond motifs is 1. The molecule has 7 nitrogen and oxygen atoms in total. The Bertz CT molecular complexity index is 1030. The molecule has 3 aromatic rings. The van der Waals surface area contributed by atoms with Crippen LogP contribution < -0.4 is 5.32 Å². The van der Waals surface area contributed by atoms with Gasteiger partial charge in [0.1, 0.15) is 5.60 Å². The number of amides is 1. The first-order valence-corrected chi connectivity index (χ1v) is 9.00. The van der Waals surface area contributed by atoms with E-state index < -0.39 is 11.6 Å². The van der Waals surface area contributed by atoms with E-state index in [-0.39, 0.29) is 18.9 Å². The normalized spacial score (nSPS) is 13.1. The molecule has 0 fully saturated rings. The summed E-state index contributed by atoms with van der Waals surface area (Å²) in [5.74, 6) is -0.677. The minimum Gasteiger partial charge on any atom is -0.466 e. The van der Waals surface area contributed by atoms with Crippen LogP contribution in [0.1, 0.15) is 35.0 Å². The van der Waals surface area contributed by atoms with Gasteiger partial charge in [-0.3, -0.25) is 9.59 Å². The van der Waals surface area contributed by atoms with Gasteiger partial charge in [0.15, 0.2) is 0 Å². The van der Waals surface area contributed by atoms with Crippen molar-refractivity contribution in [3.05, 3.63) is 65.7 Å². The summed E-state index contributed by atoms with van der Waals surface area (Å²) in [6.07, 6.45) is 3.00. The molecule has 0 saturated carbocycles. The molecule has 1 unspecified atom stereocenters. The smallest absolute Gasteiger partial charge is 0.309 e. The molecule has 0 aliphatic rings. The Morgan fingerprint density at radius 1 is 1.21 bits per heavy atom. The Balaban J connectivity index is 2.07. The highest BCUT2D eigenvalue weighted by Crippen LogP contribution is 2.34. The van der Waals surface area contributed by atoms with Crippen LogP contribution in [-0.2, 0) is 22.2 Å². The van der Waals surface area contributed by atoms with Crippen molar-refractivity contribution in [2.24, 2.45) is 7.05 Å². The van der Waals surface area contributed by atoms with Crippen LogP contribution in [0.3, 0.4) is 0 Å². The summed E-state index contributed by atoms with van der Waals surface area (Å²) in [5, 5.41) is 15.7. The van der Waals surface area contributed by atoms with Crippen molar-refractivity contribution >= 4 is 22.6 Å². The van der Waals surface area contributed by atoms with Gasteiger partial charge in [0.2, 0.25) is 0 Å². The molecule has 0 spiro atoms. The predicted octanol–water partition coefficient (Wildman–Crippen LogP) is 2.12. The number of nitrogens with zero attached hydrogens (tertiary/aromatic N) is 2. The molecule has 1 atom stereocenters. The Hall–Kier alpha value is -3.19.